The van der Waals surface area contributed by atoms with Gasteiger partial charge in [0.15, 0.2) is 0 Å². The summed E-state index contributed by atoms with van der Waals surface area (Å²) in [4.78, 5) is 24.0. The van der Waals surface area contributed by atoms with Gasteiger partial charge >= 0.3 is 0 Å². The molecule has 1 aliphatic carbocycles. The van der Waals surface area contributed by atoms with Gasteiger partial charge in [-0.1, -0.05) is 19.3 Å². The minimum Gasteiger partial charge on any atom is -0.344 e. The summed E-state index contributed by atoms with van der Waals surface area (Å²) in [6, 6.07) is 2.13. The summed E-state index contributed by atoms with van der Waals surface area (Å²) in [5.41, 5.74) is -0.106. The van der Waals surface area contributed by atoms with Crippen LogP contribution in [0.2, 0.25) is 0 Å². The zero-order chi connectivity index (χ0) is 16.1. The van der Waals surface area contributed by atoms with E-state index in [-0.39, 0.29) is 17.5 Å². The molecule has 6 heteroatoms. The number of amides is 2. The molecule has 0 aromatic heterocycles. The minimum atomic E-state index is -0.848. The van der Waals surface area contributed by atoms with E-state index in [9.17, 15) is 18.4 Å². The van der Waals surface area contributed by atoms with Crippen molar-refractivity contribution >= 4 is 17.5 Å². The zero-order valence-corrected chi connectivity index (χ0v) is 12.5. The lowest BCUT2D eigenvalue weighted by Crippen LogP contribution is -2.44. The van der Waals surface area contributed by atoms with E-state index in [4.69, 9.17) is 0 Å². The van der Waals surface area contributed by atoms with Crippen LogP contribution in [-0.4, -0.2) is 17.9 Å². The van der Waals surface area contributed by atoms with Crippen molar-refractivity contribution < 1.29 is 18.4 Å². The Morgan fingerprint density at radius 3 is 2.50 bits per heavy atom. The van der Waals surface area contributed by atoms with Gasteiger partial charge in [-0.3, -0.25) is 9.59 Å². The van der Waals surface area contributed by atoms with Crippen LogP contribution in [0.4, 0.5) is 14.5 Å². The first-order chi connectivity index (χ1) is 10.5. The molecule has 0 unspecified atom stereocenters. The lowest BCUT2D eigenvalue weighted by molar-refractivity contribution is -0.129. The van der Waals surface area contributed by atoms with E-state index in [1.165, 1.54) is 6.92 Å². The van der Waals surface area contributed by atoms with Crippen molar-refractivity contribution in [3.05, 3.63) is 29.8 Å². The second kappa shape index (κ2) is 7.33. The Morgan fingerprint density at radius 1 is 1.18 bits per heavy atom. The fourth-order valence-electron chi connectivity index (χ4n) is 2.59. The highest BCUT2D eigenvalue weighted by atomic mass is 19.1. The van der Waals surface area contributed by atoms with Crippen LogP contribution in [-0.2, 0) is 9.59 Å². The number of hydrogen-bond donors (Lipinski definition) is 2. The highest BCUT2D eigenvalue weighted by Gasteiger charge is 2.24. The Kier molecular flexibility index (Phi) is 5.46. The van der Waals surface area contributed by atoms with E-state index in [2.05, 4.69) is 10.6 Å². The largest absolute Gasteiger partial charge is 0.344 e. The number of nitrogens with one attached hydrogen (secondary N) is 2. The number of carbonyl (C=O) groups excluding carboxylic acids is 2. The highest BCUT2D eigenvalue weighted by molar-refractivity contribution is 5.97. The van der Waals surface area contributed by atoms with Crippen molar-refractivity contribution in [2.24, 2.45) is 5.92 Å². The van der Waals surface area contributed by atoms with E-state index in [0.29, 0.717) is 6.07 Å². The Labute approximate surface area is 128 Å². The van der Waals surface area contributed by atoms with E-state index >= 15 is 0 Å². The monoisotopic (exact) mass is 310 g/mol. The number of rotatable bonds is 4. The molecule has 22 heavy (non-hydrogen) atoms. The highest BCUT2D eigenvalue weighted by Crippen LogP contribution is 2.23. The molecule has 2 N–H and O–H groups in total. The first-order valence-electron chi connectivity index (χ1n) is 7.53. The third-order valence-corrected chi connectivity index (χ3v) is 3.92. The smallest absolute Gasteiger partial charge is 0.246 e. The van der Waals surface area contributed by atoms with Crippen LogP contribution in [0, 0.1) is 17.6 Å². The molecular weight excluding hydrogens is 290 g/mol. The fourth-order valence-corrected chi connectivity index (χ4v) is 2.59. The normalized spacial score (nSPS) is 16.9. The van der Waals surface area contributed by atoms with Crippen molar-refractivity contribution in [1.82, 2.24) is 5.32 Å². The molecule has 4 nitrogen and oxygen atoms in total. The van der Waals surface area contributed by atoms with Crippen LogP contribution in [0.25, 0.3) is 0 Å². The number of halogens is 2. The van der Waals surface area contributed by atoms with E-state index < -0.39 is 23.6 Å². The molecule has 2 amide bonds. The Hall–Kier alpha value is -1.98. The second-order valence-corrected chi connectivity index (χ2v) is 5.68. The maximum Gasteiger partial charge on any atom is 0.246 e. The summed E-state index contributed by atoms with van der Waals surface area (Å²) >= 11 is 0. The van der Waals surface area contributed by atoms with Gasteiger partial charge in [0.1, 0.15) is 17.7 Å². The maximum absolute atomic E-state index is 13.5. The molecule has 1 aliphatic rings. The maximum atomic E-state index is 13.5. The van der Waals surface area contributed by atoms with Crippen molar-refractivity contribution in [1.29, 1.82) is 0 Å². The summed E-state index contributed by atoms with van der Waals surface area (Å²) in [7, 11) is 0. The zero-order valence-electron chi connectivity index (χ0n) is 12.5. The van der Waals surface area contributed by atoms with Crippen molar-refractivity contribution in [2.75, 3.05) is 5.32 Å². The number of benzene rings is 1. The molecule has 0 aliphatic heterocycles. The van der Waals surface area contributed by atoms with Crippen LogP contribution >= 0.6 is 0 Å². The minimum absolute atomic E-state index is 0.0495. The van der Waals surface area contributed by atoms with Gasteiger partial charge in [0.2, 0.25) is 11.8 Å². The number of carbonyl (C=O) groups is 2. The Bertz CT molecular complexity index is 557. The third-order valence-electron chi connectivity index (χ3n) is 3.92. The van der Waals surface area contributed by atoms with Gasteiger partial charge in [-0.25, -0.2) is 8.78 Å². The van der Waals surface area contributed by atoms with E-state index in [1.54, 1.807) is 0 Å². The quantitative estimate of drug-likeness (QED) is 0.898. The van der Waals surface area contributed by atoms with E-state index in [1.807, 2.05) is 0 Å². The molecule has 120 valence electrons. The molecule has 2 rings (SSSR count). The van der Waals surface area contributed by atoms with Crippen LogP contribution in [0.5, 0.6) is 0 Å². The number of anilines is 1. The van der Waals surface area contributed by atoms with Crippen molar-refractivity contribution in [2.45, 2.75) is 45.1 Å². The predicted octanol–water partition coefficient (Wildman–Crippen LogP) is 2.99. The third kappa shape index (κ3) is 4.26. The van der Waals surface area contributed by atoms with Crippen LogP contribution in [0.1, 0.15) is 39.0 Å². The molecule has 1 saturated carbocycles. The van der Waals surface area contributed by atoms with E-state index in [0.717, 1.165) is 44.2 Å². The van der Waals surface area contributed by atoms with Crippen LogP contribution in [0.15, 0.2) is 18.2 Å². The molecule has 0 radical (unpaired) electrons. The second-order valence-electron chi connectivity index (χ2n) is 5.68. The topological polar surface area (TPSA) is 58.2 Å². The lowest BCUT2D eigenvalue weighted by Gasteiger charge is -2.23. The van der Waals surface area contributed by atoms with Gasteiger partial charge in [0.05, 0.1) is 5.69 Å². The number of hydrogen-bond acceptors (Lipinski definition) is 2. The average Bonchev–Trinajstić information content (AvgIpc) is 2.50. The first kappa shape index (κ1) is 16.4. The SMILES string of the molecule is C[C@H](NC(=O)C1CCCCC1)C(=O)Nc1ccc(F)cc1F. The van der Waals surface area contributed by atoms with Crippen LogP contribution < -0.4 is 10.6 Å². The van der Waals surface area contributed by atoms with Gasteiger partial charge in [-0.15, -0.1) is 0 Å². The van der Waals surface area contributed by atoms with Gasteiger partial charge in [0, 0.05) is 12.0 Å². The molecule has 0 saturated heterocycles. The van der Waals surface area contributed by atoms with Crippen molar-refractivity contribution in [3.63, 3.8) is 0 Å². The molecule has 0 bridgehead atoms. The molecule has 1 aromatic carbocycles. The summed E-state index contributed by atoms with van der Waals surface area (Å²) in [6.07, 6.45) is 4.88. The van der Waals surface area contributed by atoms with Gasteiger partial charge in [-0.05, 0) is 31.9 Å². The van der Waals surface area contributed by atoms with Gasteiger partial charge in [-0.2, -0.15) is 0 Å². The molecule has 0 heterocycles. The standard InChI is InChI=1S/C16H20F2N2O2/c1-10(19-16(22)11-5-3-2-4-6-11)15(21)20-14-8-7-12(17)9-13(14)18/h7-11H,2-6H2,1H3,(H,19,22)(H,20,21)/t10-/m0/s1. The van der Waals surface area contributed by atoms with Crippen LogP contribution in [0.3, 0.4) is 0 Å². The van der Waals surface area contributed by atoms with Crippen molar-refractivity contribution in [3.8, 4) is 0 Å². The van der Waals surface area contributed by atoms with Gasteiger partial charge in [0.25, 0.3) is 0 Å². The fraction of sp³-hybridized carbons (Fsp3) is 0.500. The molecule has 0 spiro atoms. The molecule has 1 fully saturated rings. The summed E-state index contributed by atoms with van der Waals surface area (Å²) < 4.78 is 26.3. The summed E-state index contributed by atoms with van der Waals surface area (Å²) in [5.74, 6) is -2.28. The molecular formula is C16H20F2N2O2. The van der Waals surface area contributed by atoms with Gasteiger partial charge < -0.3 is 10.6 Å². The Balaban J connectivity index is 1.89. The average molecular weight is 310 g/mol. The predicted molar refractivity (Wildman–Crippen MR) is 79.2 cm³/mol. The summed E-state index contributed by atoms with van der Waals surface area (Å²) in [6.45, 7) is 1.54. The lowest BCUT2D eigenvalue weighted by atomic mass is 9.88. The molecule has 1 atom stereocenters. The summed E-state index contributed by atoms with van der Waals surface area (Å²) in [5, 5.41) is 5.00. The molecule has 1 aromatic rings. The first-order valence-corrected chi connectivity index (χ1v) is 7.53. The Morgan fingerprint density at radius 2 is 1.86 bits per heavy atom.